The van der Waals surface area contributed by atoms with E-state index in [1.54, 1.807) is 11.3 Å². The average molecular weight is 223 g/mol. The Morgan fingerprint density at radius 3 is 2.53 bits per heavy atom. The largest absolute Gasteiger partial charge is 0.333 e. The second-order valence-electron chi connectivity index (χ2n) is 4.45. The number of nitrogens with zero attached hydrogens (tertiary/aromatic N) is 1. The van der Waals surface area contributed by atoms with Crippen LogP contribution in [0.2, 0.25) is 0 Å². The second-order valence-corrected chi connectivity index (χ2v) is 5.74. The molecule has 82 valence electrons. The molecule has 0 spiro atoms. The summed E-state index contributed by atoms with van der Waals surface area (Å²) < 4.78 is 0. The normalized spacial score (nSPS) is 15.7. The molecular formula is C12H17NOS. The first-order valence-corrected chi connectivity index (χ1v) is 6.30. The van der Waals surface area contributed by atoms with E-state index >= 15 is 0 Å². The highest BCUT2D eigenvalue weighted by Gasteiger charge is 2.34. The molecule has 1 aliphatic carbocycles. The summed E-state index contributed by atoms with van der Waals surface area (Å²) in [5, 5.41) is 0. The van der Waals surface area contributed by atoms with E-state index in [0.717, 1.165) is 4.88 Å². The van der Waals surface area contributed by atoms with Gasteiger partial charge in [0.05, 0.1) is 4.88 Å². The molecule has 1 aliphatic rings. The highest BCUT2D eigenvalue weighted by atomic mass is 32.1. The molecule has 2 rings (SSSR count). The van der Waals surface area contributed by atoms with Crippen LogP contribution in [0.4, 0.5) is 0 Å². The van der Waals surface area contributed by atoms with Crippen molar-refractivity contribution in [3.8, 4) is 0 Å². The fraction of sp³-hybridized carbons (Fsp3) is 0.583. The zero-order valence-electron chi connectivity index (χ0n) is 9.49. The lowest BCUT2D eigenvalue weighted by Gasteiger charge is -2.26. The van der Waals surface area contributed by atoms with Crippen LogP contribution in [0.1, 0.15) is 41.2 Å². The zero-order valence-corrected chi connectivity index (χ0v) is 10.3. The first-order valence-electron chi connectivity index (χ1n) is 5.48. The van der Waals surface area contributed by atoms with E-state index in [-0.39, 0.29) is 5.91 Å². The number of hydrogen-bond acceptors (Lipinski definition) is 2. The highest BCUT2D eigenvalue weighted by Crippen LogP contribution is 2.31. The van der Waals surface area contributed by atoms with Crippen molar-refractivity contribution in [1.82, 2.24) is 4.90 Å². The summed E-state index contributed by atoms with van der Waals surface area (Å²) in [5.74, 6) is 0.214. The molecule has 0 radical (unpaired) electrons. The first-order chi connectivity index (χ1) is 7.09. The summed E-state index contributed by atoms with van der Waals surface area (Å²) in [6, 6.07) is 4.77. The number of carbonyl (C=O) groups excluding carboxylic acids is 1. The Morgan fingerprint density at radius 2 is 2.13 bits per heavy atom. The van der Waals surface area contributed by atoms with Gasteiger partial charge in [-0.1, -0.05) is 0 Å². The van der Waals surface area contributed by atoms with Gasteiger partial charge in [0, 0.05) is 17.0 Å². The number of aryl methyl sites for hydroxylation is 1. The van der Waals surface area contributed by atoms with Gasteiger partial charge >= 0.3 is 0 Å². The quantitative estimate of drug-likeness (QED) is 0.771. The topological polar surface area (TPSA) is 20.3 Å². The standard InChI is InChI=1S/C12H17NOS/c1-8(2)13(10-5-6-10)12(14)11-7-4-9(3)15-11/h4,7-8,10H,5-6H2,1-3H3. The van der Waals surface area contributed by atoms with Gasteiger partial charge in [-0.05, 0) is 45.7 Å². The minimum absolute atomic E-state index is 0.214. The summed E-state index contributed by atoms with van der Waals surface area (Å²) in [7, 11) is 0. The molecular weight excluding hydrogens is 206 g/mol. The number of rotatable bonds is 3. The van der Waals surface area contributed by atoms with Crippen LogP contribution in [-0.2, 0) is 0 Å². The van der Waals surface area contributed by atoms with Gasteiger partial charge in [0.25, 0.3) is 5.91 Å². The van der Waals surface area contributed by atoms with Crippen molar-refractivity contribution in [3.63, 3.8) is 0 Å². The van der Waals surface area contributed by atoms with Gasteiger partial charge in [0.1, 0.15) is 0 Å². The third kappa shape index (κ3) is 2.23. The van der Waals surface area contributed by atoms with E-state index in [4.69, 9.17) is 0 Å². The molecule has 0 aliphatic heterocycles. The van der Waals surface area contributed by atoms with Crippen LogP contribution < -0.4 is 0 Å². The summed E-state index contributed by atoms with van der Waals surface area (Å²) in [5.41, 5.74) is 0. The molecule has 15 heavy (non-hydrogen) atoms. The lowest BCUT2D eigenvalue weighted by atomic mass is 10.3. The van der Waals surface area contributed by atoms with Crippen LogP contribution in [0, 0.1) is 6.92 Å². The molecule has 0 unspecified atom stereocenters. The van der Waals surface area contributed by atoms with Gasteiger partial charge in [-0.25, -0.2) is 0 Å². The van der Waals surface area contributed by atoms with E-state index in [1.807, 2.05) is 24.0 Å². The first kappa shape index (κ1) is 10.7. The van der Waals surface area contributed by atoms with E-state index in [2.05, 4.69) is 13.8 Å². The molecule has 0 bridgehead atoms. The molecule has 1 saturated carbocycles. The minimum atomic E-state index is 0.214. The Hall–Kier alpha value is -0.830. The van der Waals surface area contributed by atoms with E-state index in [9.17, 15) is 4.79 Å². The molecule has 0 atom stereocenters. The highest BCUT2D eigenvalue weighted by molar-refractivity contribution is 7.13. The SMILES string of the molecule is Cc1ccc(C(=O)N(C(C)C)C2CC2)s1. The summed E-state index contributed by atoms with van der Waals surface area (Å²) in [4.78, 5) is 16.3. The van der Waals surface area contributed by atoms with Crippen molar-refractivity contribution in [1.29, 1.82) is 0 Å². The number of amides is 1. The Bertz CT molecular complexity index is 363. The molecule has 2 nitrogen and oxygen atoms in total. The molecule has 0 aromatic carbocycles. The summed E-state index contributed by atoms with van der Waals surface area (Å²) in [6.45, 7) is 6.23. The lowest BCUT2D eigenvalue weighted by molar-refractivity contribution is 0.0695. The Kier molecular flexibility index (Phi) is 2.83. The number of hydrogen-bond donors (Lipinski definition) is 0. The maximum absolute atomic E-state index is 12.2. The third-order valence-electron chi connectivity index (χ3n) is 2.68. The third-order valence-corrected chi connectivity index (χ3v) is 3.67. The number of thiophene rings is 1. The molecule has 0 N–H and O–H groups in total. The van der Waals surface area contributed by atoms with Crippen LogP contribution in [0.3, 0.4) is 0 Å². The fourth-order valence-corrected chi connectivity index (χ4v) is 2.66. The van der Waals surface area contributed by atoms with Crippen LogP contribution in [0.15, 0.2) is 12.1 Å². The van der Waals surface area contributed by atoms with Crippen LogP contribution in [0.5, 0.6) is 0 Å². The minimum Gasteiger partial charge on any atom is -0.333 e. The van der Waals surface area contributed by atoms with E-state index in [1.165, 1.54) is 17.7 Å². The van der Waals surface area contributed by atoms with Crippen molar-refractivity contribution >= 4 is 17.2 Å². The van der Waals surface area contributed by atoms with Gasteiger partial charge in [-0.3, -0.25) is 4.79 Å². The van der Waals surface area contributed by atoms with Crippen molar-refractivity contribution in [2.45, 2.75) is 45.7 Å². The van der Waals surface area contributed by atoms with E-state index < -0.39 is 0 Å². The van der Waals surface area contributed by atoms with Crippen LogP contribution >= 0.6 is 11.3 Å². The monoisotopic (exact) mass is 223 g/mol. The maximum Gasteiger partial charge on any atom is 0.264 e. The maximum atomic E-state index is 12.2. The molecule has 0 saturated heterocycles. The zero-order chi connectivity index (χ0) is 11.0. The van der Waals surface area contributed by atoms with E-state index in [0.29, 0.717) is 12.1 Å². The average Bonchev–Trinajstić information content (AvgIpc) is 2.87. The summed E-state index contributed by atoms with van der Waals surface area (Å²) >= 11 is 1.60. The molecule has 3 heteroatoms. The van der Waals surface area contributed by atoms with Crippen LogP contribution in [-0.4, -0.2) is 22.9 Å². The molecule has 1 heterocycles. The van der Waals surface area contributed by atoms with Crippen molar-refractivity contribution < 1.29 is 4.79 Å². The van der Waals surface area contributed by atoms with Crippen molar-refractivity contribution in [2.24, 2.45) is 0 Å². The van der Waals surface area contributed by atoms with Gasteiger partial charge in [0.15, 0.2) is 0 Å². The second kappa shape index (κ2) is 3.97. The fourth-order valence-electron chi connectivity index (χ4n) is 1.85. The Morgan fingerprint density at radius 1 is 1.47 bits per heavy atom. The molecule has 1 aromatic rings. The number of carbonyl (C=O) groups is 1. The van der Waals surface area contributed by atoms with Gasteiger partial charge in [-0.2, -0.15) is 0 Å². The predicted molar refractivity (Wildman–Crippen MR) is 63.4 cm³/mol. The van der Waals surface area contributed by atoms with Gasteiger partial charge < -0.3 is 4.90 Å². The lowest BCUT2D eigenvalue weighted by Crippen LogP contribution is -2.38. The van der Waals surface area contributed by atoms with Gasteiger partial charge in [0.2, 0.25) is 0 Å². The Labute approximate surface area is 94.9 Å². The Balaban J connectivity index is 2.17. The smallest absolute Gasteiger partial charge is 0.264 e. The van der Waals surface area contributed by atoms with Crippen molar-refractivity contribution in [3.05, 3.63) is 21.9 Å². The molecule has 1 amide bonds. The van der Waals surface area contributed by atoms with Crippen molar-refractivity contribution in [2.75, 3.05) is 0 Å². The van der Waals surface area contributed by atoms with Gasteiger partial charge in [-0.15, -0.1) is 11.3 Å². The molecule has 1 fully saturated rings. The predicted octanol–water partition coefficient (Wildman–Crippen LogP) is 3.07. The van der Waals surface area contributed by atoms with Crippen LogP contribution in [0.25, 0.3) is 0 Å². The summed E-state index contributed by atoms with van der Waals surface area (Å²) in [6.07, 6.45) is 2.35. The molecule has 1 aromatic heterocycles.